The Morgan fingerprint density at radius 2 is 2.40 bits per heavy atom. The van der Waals surface area contributed by atoms with Crippen LogP contribution in [0.4, 0.5) is 5.69 Å². The molecule has 0 spiro atoms. The van der Waals surface area contributed by atoms with Crippen molar-refractivity contribution < 1.29 is 4.74 Å². The first-order valence-electron chi connectivity index (χ1n) is 7.19. The van der Waals surface area contributed by atoms with Gasteiger partial charge >= 0.3 is 0 Å². The Morgan fingerprint density at radius 3 is 3.00 bits per heavy atom. The Morgan fingerprint density at radius 1 is 1.60 bits per heavy atom. The van der Waals surface area contributed by atoms with E-state index in [0.29, 0.717) is 18.2 Å². The van der Waals surface area contributed by atoms with Crippen LogP contribution in [-0.4, -0.2) is 28.5 Å². The zero-order valence-corrected chi connectivity index (χ0v) is 13.3. The molecule has 3 rings (SSSR count). The SMILES string of the molecule is CC1(Nc2c(Br)cnn(CC3CCC3)c2=O)CCOC1. The number of halogens is 1. The van der Waals surface area contributed by atoms with Crippen LogP contribution in [0.5, 0.6) is 0 Å². The van der Waals surface area contributed by atoms with E-state index >= 15 is 0 Å². The lowest BCUT2D eigenvalue weighted by Crippen LogP contribution is -2.39. The third kappa shape index (κ3) is 2.76. The number of hydrogen-bond donors (Lipinski definition) is 1. The molecule has 1 aromatic rings. The van der Waals surface area contributed by atoms with E-state index < -0.39 is 0 Å². The molecule has 2 aliphatic rings. The number of anilines is 1. The molecule has 110 valence electrons. The average Bonchev–Trinajstić information content (AvgIpc) is 2.79. The average molecular weight is 342 g/mol. The monoisotopic (exact) mass is 341 g/mol. The maximum Gasteiger partial charge on any atom is 0.291 e. The smallest absolute Gasteiger partial charge is 0.291 e. The van der Waals surface area contributed by atoms with Crippen molar-refractivity contribution >= 4 is 21.6 Å². The summed E-state index contributed by atoms with van der Waals surface area (Å²) in [6.07, 6.45) is 6.30. The van der Waals surface area contributed by atoms with E-state index in [1.807, 2.05) is 0 Å². The van der Waals surface area contributed by atoms with E-state index in [4.69, 9.17) is 4.74 Å². The topological polar surface area (TPSA) is 56.2 Å². The van der Waals surface area contributed by atoms with Crippen molar-refractivity contribution in [1.29, 1.82) is 0 Å². The highest BCUT2D eigenvalue weighted by Crippen LogP contribution is 2.28. The summed E-state index contributed by atoms with van der Waals surface area (Å²) in [5, 5.41) is 7.60. The first-order valence-corrected chi connectivity index (χ1v) is 7.98. The largest absolute Gasteiger partial charge is 0.379 e. The van der Waals surface area contributed by atoms with Crippen molar-refractivity contribution in [3.63, 3.8) is 0 Å². The number of nitrogens with one attached hydrogen (secondary N) is 1. The normalized spacial score (nSPS) is 26.5. The van der Waals surface area contributed by atoms with Crippen molar-refractivity contribution in [1.82, 2.24) is 9.78 Å². The number of rotatable bonds is 4. The highest BCUT2D eigenvalue weighted by Gasteiger charge is 2.31. The summed E-state index contributed by atoms with van der Waals surface area (Å²) in [6, 6.07) is 0. The Bertz CT molecular complexity index is 548. The molecule has 6 heteroatoms. The maximum absolute atomic E-state index is 12.6. The molecule has 1 N–H and O–H groups in total. The minimum absolute atomic E-state index is 0.0422. The molecule has 1 aliphatic heterocycles. The van der Waals surface area contributed by atoms with Crippen LogP contribution >= 0.6 is 15.9 Å². The molecule has 1 saturated heterocycles. The predicted molar refractivity (Wildman–Crippen MR) is 81.0 cm³/mol. The molecule has 0 aromatic carbocycles. The standard InChI is InChI=1S/C14H20BrN3O2/c1-14(5-6-20-9-14)17-12-11(15)7-16-18(13(12)19)8-10-3-2-4-10/h7,10,17H,2-6,8-9H2,1H3. The molecule has 2 heterocycles. The van der Waals surface area contributed by atoms with Crippen LogP contribution < -0.4 is 10.9 Å². The molecule has 5 nitrogen and oxygen atoms in total. The number of ether oxygens (including phenoxy) is 1. The van der Waals surface area contributed by atoms with Gasteiger partial charge in [-0.1, -0.05) is 6.42 Å². The summed E-state index contributed by atoms with van der Waals surface area (Å²) >= 11 is 3.43. The molecule has 1 saturated carbocycles. The molecule has 1 unspecified atom stereocenters. The van der Waals surface area contributed by atoms with Crippen LogP contribution in [0, 0.1) is 5.92 Å². The first-order chi connectivity index (χ1) is 9.57. The molecular weight excluding hydrogens is 322 g/mol. The van der Waals surface area contributed by atoms with Crippen molar-refractivity contribution in [2.75, 3.05) is 18.5 Å². The van der Waals surface area contributed by atoms with Crippen LogP contribution in [-0.2, 0) is 11.3 Å². The quantitative estimate of drug-likeness (QED) is 0.913. The van der Waals surface area contributed by atoms with Crippen LogP contribution in [0.2, 0.25) is 0 Å². The molecule has 0 radical (unpaired) electrons. The molecule has 1 aliphatic carbocycles. The molecule has 1 aromatic heterocycles. The molecule has 20 heavy (non-hydrogen) atoms. The van der Waals surface area contributed by atoms with Gasteiger partial charge in [0.05, 0.1) is 22.8 Å². The molecule has 0 amide bonds. The van der Waals surface area contributed by atoms with E-state index in [9.17, 15) is 4.79 Å². The fraction of sp³-hybridized carbons (Fsp3) is 0.714. The van der Waals surface area contributed by atoms with Gasteiger partial charge in [0.2, 0.25) is 0 Å². The van der Waals surface area contributed by atoms with Crippen molar-refractivity contribution in [2.45, 2.75) is 44.7 Å². The lowest BCUT2D eigenvalue weighted by molar-refractivity contribution is 0.185. The van der Waals surface area contributed by atoms with Gasteiger partial charge in [-0.15, -0.1) is 0 Å². The van der Waals surface area contributed by atoms with E-state index in [1.54, 1.807) is 10.9 Å². The summed E-state index contributed by atoms with van der Waals surface area (Å²) in [6.45, 7) is 4.18. The fourth-order valence-electron chi connectivity index (χ4n) is 2.70. The van der Waals surface area contributed by atoms with E-state index in [-0.39, 0.29) is 11.1 Å². The Kier molecular flexibility index (Phi) is 3.86. The second-order valence-electron chi connectivity index (χ2n) is 6.14. The highest BCUT2D eigenvalue weighted by molar-refractivity contribution is 9.10. The van der Waals surface area contributed by atoms with Crippen molar-refractivity contribution in [3.8, 4) is 0 Å². The summed E-state index contributed by atoms with van der Waals surface area (Å²) in [4.78, 5) is 12.6. The summed E-state index contributed by atoms with van der Waals surface area (Å²) < 4.78 is 7.75. The number of nitrogens with zero attached hydrogens (tertiary/aromatic N) is 2. The number of aromatic nitrogens is 2. The summed E-state index contributed by atoms with van der Waals surface area (Å²) in [5.74, 6) is 0.611. The van der Waals surface area contributed by atoms with Gasteiger partial charge in [-0.25, -0.2) is 4.68 Å². The fourth-order valence-corrected chi connectivity index (χ4v) is 3.06. The minimum atomic E-state index is -0.169. The minimum Gasteiger partial charge on any atom is -0.379 e. The van der Waals surface area contributed by atoms with Crippen LogP contribution in [0.15, 0.2) is 15.5 Å². The first kappa shape index (κ1) is 14.1. The summed E-state index contributed by atoms with van der Waals surface area (Å²) in [7, 11) is 0. The van der Waals surface area contributed by atoms with Gasteiger partial charge in [0.25, 0.3) is 5.56 Å². The Labute approximate surface area is 126 Å². The van der Waals surface area contributed by atoms with Crippen molar-refractivity contribution in [3.05, 3.63) is 21.0 Å². The third-order valence-electron chi connectivity index (χ3n) is 4.30. The van der Waals surface area contributed by atoms with Gasteiger partial charge in [-0.05, 0) is 48.0 Å². The molecule has 2 fully saturated rings. The summed E-state index contributed by atoms with van der Waals surface area (Å²) in [5.41, 5.74) is 0.392. The van der Waals surface area contributed by atoms with Crippen LogP contribution in [0.3, 0.4) is 0 Å². The Hall–Kier alpha value is -0.880. The number of hydrogen-bond acceptors (Lipinski definition) is 4. The van der Waals surface area contributed by atoms with Gasteiger partial charge in [0, 0.05) is 13.2 Å². The zero-order valence-electron chi connectivity index (χ0n) is 11.7. The second kappa shape index (κ2) is 5.48. The van der Waals surface area contributed by atoms with E-state index in [1.165, 1.54) is 19.3 Å². The molecule has 1 atom stereocenters. The highest BCUT2D eigenvalue weighted by atomic mass is 79.9. The van der Waals surface area contributed by atoms with Gasteiger partial charge in [-0.3, -0.25) is 4.79 Å². The van der Waals surface area contributed by atoms with Crippen LogP contribution in [0.1, 0.15) is 32.6 Å². The maximum atomic E-state index is 12.6. The molecule has 0 bridgehead atoms. The van der Waals surface area contributed by atoms with Gasteiger partial charge < -0.3 is 10.1 Å². The Balaban J connectivity index is 1.84. The van der Waals surface area contributed by atoms with Crippen molar-refractivity contribution in [2.24, 2.45) is 5.92 Å². The lowest BCUT2D eigenvalue weighted by atomic mass is 9.85. The van der Waals surface area contributed by atoms with Gasteiger partial charge in [0.15, 0.2) is 0 Å². The molecular formula is C14H20BrN3O2. The predicted octanol–water partition coefficient (Wildman–Crippen LogP) is 2.40. The zero-order chi connectivity index (χ0) is 14.2. The van der Waals surface area contributed by atoms with Gasteiger partial charge in [0.1, 0.15) is 5.69 Å². The second-order valence-corrected chi connectivity index (χ2v) is 6.99. The lowest BCUT2D eigenvalue weighted by Gasteiger charge is -2.27. The third-order valence-corrected chi connectivity index (χ3v) is 4.90. The van der Waals surface area contributed by atoms with E-state index in [0.717, 1.165) is 24.0 Å². The van der Waals surface area contributed by atoms with Crippen LogP contribution in [0.25, 0.3) is 0 Å². The van der Waals surface area contributed by atoms with E-state index in [2.05, 4.69) is 33.3 Å². The van der Waals surface area contributed by atoms with Gasteiger partial charge in [-0.2, -0.15) is 5.10 Å².